The molecule has 0 saturated heterocycles. The molecule has 1 aliphatic carbocycles. The van der Waals surface area contributed by atoms with Crippen molar-refractivity contribution >= 4 is 17.7 Å². The Morgan fingerprint density at radius 2 is 1.73 bits per heavy atom. The number of carbonyl (C=O) groups excluding carboxylic acids is 3. The zero-order valence-corrected chi connectivity index (χ0v) is 5.53. The average Bonchev–Trinajstić information content (AvgIpc) is 2.18. The molecule has 0 heterocycles. The molecule has 11 heavy (non-hydrogen) atoms. The molecule has 0 aliphatic heterocycles. The first-order chi connectivity index (χ1) is 5.11. The first kappa shape index (κ1) is 7.71. The maximum Gasteiger partial charge on any atom is 0.551 e. The van der Waals surface area contributed by atoms with Crippen molar-refractivity contribution in [2.75, 3.05) is 0 Å². The Bertz CT molecular complexity index is 203. The maximum absolute atomic E-state index is 10.7. The summed E-state index contributed by atoms with van der Waals surface area (Å²) in [5.41, 5.74) is 0. The lowest BCUT2D eigenvalue weighted by molar-refractivity contribution is -0.134. The number of Topliss-reactive ketones (excluding diaryl/α,β-unsaturated/α-hetero) is 2. The van der Waals surface area contributed by atoms with E-state index in [4.69, 9.17) is 0 Å². The smallest absolute Gasteiger partial charge is 0.412 e. The van der Waals surface area contributed by atoms with E-state index < -0.39 is 23.8 Å². The van der Waals surface area contributed by atoms with E-state index in [1.165, 1.54) is 0 Å². The average molecular weight is 157 g/mol. The van der Waals surface area contributed by atoms with Gasteiger partial charge in [-0.15, -0.1) is 0 Å². The van der Waals surface area contributed by atoms with Crippen molar-refractivity contribution in [1.29, 1.82) is 0 Å². The van der Waals surface area contributed by atoms with Crippen LogP contribution in [0.5, 0.6) is 0 Å². The van der Waals surface area contributed by atoms with Gasteiger partial charge in [0.05, 0.1) is 0 Å². The van der Waals surface area contributed by atoms with Gasteiger partial charge in [0.2, 0.25) is 6.10 Å². The predicted octanol–water partition coefficient (Wildman–Crippen LogP) is -0.146. The van der Waals surface area contributed by atoms with E-state index in [-0.39, 0.29) is 12.8 Å². The first-order valence-electron chi connectivity index (χ1n) is 3.04. The van der Waals surface area contributed by atoms with Gasteiger partial charge in [-0.3, -0.25) is 9.59 Å². The van der Waals surface area contributed by atoms with Gasteiger partial charge in [0.1, 0.15) is 0 Å². The molecule has 1 radical (unpaired) electrons. The monoisotopic (exact) mass is 157 g/mol. The van der Waals surface area contributed by atoms with Crippen LogP contribution in [0.2, 0.25) is 0 Å². The summed E-state index contributed by atoms with van der Waals surface area (Å²) in [5, 5.41) is 9.81. The summed E-state index contributed by atoms with van der Waals surface area (Å²) in [5.74, 6) is -0.974. The Labute approximate surface area is 62.0 Å². The third-order valence-electron chi connectivity index (χ3n) is 1.42. The van der Waals surface area contributed by atoms with Crippen LogP contribution < -0.4 is 0 Å². The number of hydrogen-bond acceptors (Lipinski definition) is 4. The molecule has 5 heteroatoms. The Morgan fingerprint density at radius 3 is 2.09 bits per heavy atom. The minimum absolute atomic E-state index is 0.0662. The van der Waals surface area contributed by atoms with Crippen LogP contribution in [0.1, 0.15) is 12.8 Å². The fraction of sp³-hybridized carbons (Fsp3) is 0.500. The van der Waals surface area contributed by atoms with E-state index >= 15 is 0 Å². The Kier molecular flexibility index (Phi) is 1.89. The molecular formula is C6H5O5. The predicted molar refractivity (Wildman–Crippen MR) is 30.2 cm³/mol. The molecule has 0 spiro atoms. The number of ether oxygens (including phenoxy) is 1. The van der Waals surface area contributed by atoms with Crippen LogP contribution in [-0.2, 0) is 19.4 Å². The number of hydrogen-bond donors (Lipinski definition) is 0. The molecule has 1 fully saturated rings. The minimum Gasteiger partial charge on any atom is -0.412 e. The van der Waals surface area contributed by atoms with Gasteiger partial charge >= 0.3 is 6.16 Å². The van der Waals surface area contributed by atoms with Crippen molar-refractivity contribution < 1.29 is 24.2 Å². The third-order valence-corrected chi connectivity index (χ3v) is 1.42. The van der Waals surface area contributed by atoms with Gasteiger partial charge in [-0.2, -0.15) is 9.90 Å². The lowest BCUT2D eigenvalue weighted by atomic mass is 10.3. The molecule has 1 saturated carbocycles. The molecule has 0 N–H and O–H groups in total. The highest BCUT2D eigenvalue weighted by molar-refractivity contribution is 6.12. The molecule has 1 aliphatic rings. The van der Waals surface area contributed by atoms with E-state index in [0.29, 0.717) is 0 Å². The molecule has 0 aromatic rings. The van der Waals surface area contributed by atoms with Crippen LogP contribution >= 0.6 is 0 Å². The van der Waals surface area contributed by atoms with E-state index in [0.717, 1.165) is 0 Å². The summed E-state index contributed by atoms with van der Waals surface area (Å²) < 4.78 is 3.94. The van der Waals surface area contributed by atoms with Gasteiger partial charge in [0.25, 0.3) is 0 Å². The van der Waals surface area contributed by atoms with Gasteiger partial charge in [-0.25, -0.2) is 0 Å². The van der Waals surface area contributed by atoms with E-state index in [9.17, 15) is 19.5 Å². The third kappa shape index (κ3) is 1.54. The lowest BCUT2D eigenvalue weighted by Gasteiger charge is -2.02. The Balaban J connectivity index is 2.62. The summed E-state index contributed by atoms with van der Waals surface area (Å²) >= 11 is 0. The Morgan fingerprint density at radius 1 is 1.27 bits per heavy atom. The number of carbonyl (C=O) groups is 3. The summed E-state index contributed by atoms with van der Waals surface area (Å²) in [4.78, 5) is 31.2. The minimum atomic E-state index is -1.83. The van der Waals surface area contributed by atoms with Crippen LogP contribution in [-0.4, -0.2) is 23.8 Å². The van der Waals surface area contributed by atoms with Gasteiger partial charge in [-0.05, 0) is 0 Å². The fourth-order valence-electron chi connectivity index (χ4n) is 0.916. The van der Waals surface area contributed by atoms with Crippen LogP contribution in [0.15, 0.2) is 0 Å². The highest BCUT2D eigenvalue weighted by atomic mass is 16.7. The van der Waals surface area contributed by atoms with Crippen molar-refractivity contribution in [3.63, 3.8) is 0 Å². The van der Waals surface area contributed by atoms with Crippen molar-refractivity contribution in [3.8, 4) is 0 Å². The largest absolute Gasteiger partial charge is 0.551 e. The molecule has 0 aromatic heterocycles. The van der Waals surface area contributed by atoms with E-state index in [1.54, 1.807) is 0 Å². The maximum atomic E-state index is 10.7. The van der Waals surface area contributed by atoms with Gasteiger partial charge in [-0.1, -0.05) is 0 Å². The summed E-state index contributed by atoms with van der Waals surface area (Å²) in [6, 6.07) is 0. The van der Waals surface area contributed by atoms with Crippen LogP contribution in [0, 0.1) is 0 Å². The lowest BCUT2D eigenvalue weighted by Crippen LogP contribution is -2.26. The van der Waals surface area contributed by atoms with Crippen LogP contribution in [0.4, 0.5) is 4.79 Å². The summed E-state index contributed by atoms with van der Waals surface area (Å²) in [7, 11) is 0. The summed E-state index contributed by atoms with van der Waals surface area (Å²) in [6.07, 6.45) is -3.12. The molecule has 1 rings (SSSR count). The van der Waals surface area contributed by atoms with Crippen LogP contribution in [0.25, 0.3) is 0 Å². The molecule has 0 unspecified atom stereocenters. The van der Waals surface area contributed by atoms with Gasteiger partial charge < -0.3 is 4.74 Å². The van der Waals surface area contributed by atoms with E-state index in [2.05, 4.69) is 4.74 Å². The zero-order chi connectivity index (χ0) is 8.43. The zero-order valence-electron chi connectivity index (χ0n) is 5.53. The van der Waals surface area contributed by atoms with Gasteiger partial charge in [0.15, 0.2) is 11.6 Å². The number of ketones is 2. The van der Waals surface area contributed by atoms with Crippen molar-refractivity contribution in [1.82, 2.24) is 0 Å². The van der Waals surface area contributed by atoms with Gasteiger partial charge in [0, 0.05) is 12.8 Å². The normalized spacial score (nSPS) is 18.9. The van der Waals surface area contributed by atoms with Crippen molar-refractivity contribution in [2.45, 2.75) is 18.9 Å². The first-order valence-corrected chi connectivity index (χ1v) is 3.04. The standard InChI is InChI=1S/C6H5O5/c7-3-1-2-4(8)5(3)11-6(9)10/h5H,1-2H2. The topological polar surface area (TPSA) is 80.3 Å². The SMILES string of the molecule is [O]C(=O)OC1C(=O)CCC1=O. The molecule has 0 bridgehead atoms. The fourth-order valence-corrected chi connectivity index (χ4v) is 0.916. The molecule has 0 aromatic carbocycles. The van der Waals surface area contributed by atoms with Crippen molar-refractivity contribution in [3.05, 3.63) is 0 Å². The molecular weight excluding hydrogens is 152 g/mol. The molecule has 5 nitrogen and oxygen atoms in total. The molecule has 59 valence electrons. The molecule has 0 amide bonds. The second-order valence-electron chi connectivity index (χ2n) is 2.18. The second kappa shape index (κ2) is 2.69. The highest BCUT2D eigenvalue weighted by Crippen LogP contribution is 2.13. The second-order valence-corrected chi connectivity index (χ2v) is 2.18. The Hall–Kier alpha value is -1.39. The van der Waals surface area contributed by atoms with E-state index in [1.807, 2.05) is 0 Å². The quantitative estimate of drug-likeness (QED) is 0.391. The highest BCUT2D eigenvalue weighted by Gasteiger charge is 2.36. The molecule has 0 atom stereocenters. The summed E-state index contributed by atoms with van der Waals surface area (Å²) in [6.45, 7) is 0. The number of rotatable bonds is 1. The van der Waals surface area contributed by atoms with Crippen LogP contribution in [0.3, 0.4) is 0 Å². The van der Waals surface area contributed by atoms with Crippen molar-refractivity contribution in [2.24, 2.45) is 0 Å².